The van der Waals surface area contributed by atoms with Crippen molar-refractivity contribution >= 4 is 29.4 Å². The van der Waals surface area contributed by atoms with Crippen molar-refractivity contribution in [3.8, 4) is 0 Å². The van der Waals surface area contributed by atoms with Gasteiger partial charge in [0, 0.05) is 6.04 Å². The van der Waals surface area contributed by atoms with E-state index in [1.807, 2.05) is 0 Å². The fraction of sp³-hybridized carbons (Fsp3) is 0.417. The molecule has 2 heterocycles. The van der Waals surface area contributed by atoms with E-state index in [1.165, 1.54) is 6.07 Å². The molecule has 2 N–H and O–H groups in total. The molecule has 106 valence electrons. The lowest BCUT2D eigenvalue weighted by atomic mass is 10.1. The number of hydrogen-bond acceptors (Lipinski definition) is 3. The summed E-state index contributed by atoms with van der Waals surface area (Å²) in [6.45, 7) is 0. The van der Waals surface area contributed by atoms with Gasteiger partial charge in [-0.1, -0.05) is 11.6 Å². The van der Waals surface area contributed by atoms with Gasteiger partial charge in [-0.25, -0.2) is 14.2 Å². The monoisotopic (exact) mass is 299 g/mol. The zero-order valence-electron chi connectivity index (χ0n) is 10.2. The molecule has 3 rings (SSSR count). The quantitative estimate of drug-likeness (QED) is 0.818. The Morgan fingerprint density at radius 3 is 2.90 bits per heavy atom. The standard InChI is InChI=1S/C12H11ClFN3O3/c13-9-2-1-6(14)10(15-9)16-11(18)8-4-5-3-7(5)17(8)12(19)20/h1-2,5,7-8H,3-4H2,(H,19,20)(H,15,16,18). The van der Waals surface area contributed by atoms with E-state index in [1.54, 1.807) is 0 Å². The number of aromatic nitrogens is 1. The molecule has 1 aromatic heterocycles. The van der Waals surface area contributed by atoms with Crippen LogP contribution < -0.4 is 5.32 Å². The molecule has 1 saturated heterocycles. The van der Waals surface area contributed by atoms with E-state index in [-0.39, 0.29) is 22.9 Å². The number of carboxylic acid groups (broad SMARTS) is 1. The predicted molar refractivity (Wildman–Crippen MR) is 68.0 cm³/mol. The number of likely N-dealkylation sites (tertiary alicyclic amines) is 1. The van der Waals surface area contributed by atoms with E-state index in [0.717, 1.165) is 17.4 Å². The molecule has 2 amide bonds. The average Bonchev–Trinajstić information content (AvgIpc) is 3.03. The average molecular weight is 300 g/mol. The Morgan fingerprint density at radius 2 is 2.20 bits per heavy atom. The first kappa shape index (κ1) is 13.1. The fourth-order valence-corrected chi connectivity index (χ4v) is 2.82. The summed E-state index contributed by atoms with van der Waals surface area (Å²) in [6, 6.07) is 1.48. The number of rotatable bonds is 2. The van der Waals surface area contributed by atoms with Crippen LogP contribution in [0.5, 0.6) is 0 Å². The number of nitrogens with one attached hydrogen (secondary N) is 1. The van der Waals surface area contributed by atoms with Crippen molar-refractivity contribution < 1.29 is 19.1 Å². The first-order chi connectivity index (χ1) is 9.47. The highest BCUT2D eigenvalue weighted by molar-refractivity contribution is 6.29. The largest absolute Gasteiger partial charge is 0.465 e. The van der Waals surface area contributed by atoms with Crippen molar-refractivity contribution in [2.45, 2.75) is 24.9 Å². The third-order valence-corrected chi connectivity index (χ3v) is 3.89. The second kappa shape index (κ2) is 4.59. The van der Waals surface area contributed by atoms with Crippen LogP contribution in [0.1, 0.15) is 12.8 Å². The zero-order chi connectivity index (χ0) is 14.4. The molecule has 1 aliphatic heterocycles. The summed E-state index contributed by atoms with van der Waals surface area (Å²) in [5.74, 6) is -1.34. The number of halogens is 2. The normalized spacial score (nSPS) is 27.1. The molecule has 6 nitrogen and oxygen atoms in total. The van der Waals surface area contributed by atoms with Crippen molar-refractivity contribution in [1.29, 1.82) is 0 Å². The predicted octanol–water partition coefficient (Wildman–Crippen LogP) is 1.95. The lowest BCUT2D eigenvalue weighted by molar-refractivity contribution is -0.120. The third kappa shape index (κ3) is 2.18. The van der Waals surface area contributed by atoms with Gasteiger partial charge in [0.2, 0.25) is 5.91 Å². The molecule has 0 bridgehead atoms. The lowest BCUT2D eigenvalue weighted by Crippen LogP contribution is -2.45. The van der Waals surface area contributed by atoms with Crippen LogP contribution in [-0.4, -0.2) is 39.1 Å². The highest BCUT2D eigenvalue weighted by Gasteiger charge is 2.56. The Kier molecular flexibility index (Phi) is 3.01. The SMILES string of the molecule is O=C(Nc1nc(Cl)ccc1F)C1CC2CC2N1C(=O)O. The maximum absolute atomic E-state index is 13.5. The highest BCUT2D eigenvalue weighted by atomic mass is 35.5. The molecule has 1 aliphatic carbocycles. The summed E-state index contributed by atoms with van der Waals surface area (Å²) in [7, 11) is 0. The summed E-state index contributed by atoms with van der Waals surface area (Å²) in [6.07, 6.45) is 0.125. The summed E-state index contributed by atoms with van der Waals surface area (Å²) < 4.78 is 13.5. The van der Waals surface area contributed by atoms with Gasteiger partial charge < -0.3 is 10.4 Å². The van der Waals surface area contributed by atoms with E-state index in [9.17, 15) is 14.0 Å². The minimum atomic E-state index is -1.13. The van der Waals surface area contributed by atoms with E-state index in [0.29, 0.717) is 6.42 Å². The number of amides is 2. The van der Waals surface area contributed by atoms with Gasteiger partial charge in [0.25, 0.3) is 0 Å². The van der Waals surface area contributed by atoms with Crippen LogP contribution in [0.15, 0.2) is 12.1 Å². The zero-order valence-corrected chi connectivity index (χ0v) is 11.0. The van der Waals surface area contributed by atoms with Crippen LogP contribution >= 0.6 is 11.6 Å². The number of hydrogen-bond donors (Lipinski definition) is 2. The van der Waals surface area contributed by atoms with E-state index in [4.69, 9.17) is 16.7 Å². The summed E-state index contributed by atoms with van der Waals surface area (Å²) in [5.41, 5.74) is 0. The molecule has 8 heteroatoms. The van der Waals surface area contributed by atoms with E-state index in [2.05, 4.69) is 10.3 Å². The number of fused-ring (bicyclic) bond motifs is 1. The molecule has 20 heavy (non-hydrogen) atoms. The van der Waals surface area contributed by atoms with Crippen LogP contribution in [0.3, 0.4) is 0 Å². The number of carbonyl (C=O) groups excluding carboxylic acids is 1. The van der Waals surface area contributed by atoms with Gasteiger partial charge in [-0.15, -0.1) is 0 Å². The fourth-order valence-electron chi connectivity index (χ4n) is 2.67. The molecular weight excluding hydrogens is 289 g/mol. The van der Waals surface area contributed by atoms with Crippen LogP contribution in [0.4, 0.5) is 15.0 Å². The Balaban J connectivity index is 1.76. The van der Waals surface area contributed by atoms with E-state index >= 15 is 0 Å². The van der Waals surface area contributed by atoms with Crippen molar-refractivity contribution in [3.05, 3.63) is 23.1 Å². The topological polar surface area (TPSA) is 82.5 Å². The second-order valence-electron chi connectivity index (χ2n) is 4.96. The smallest absolute Gasteiger partial charge is 0.408 e. The molecule has 3 unspecified atom stereocenters. The summed E-state index contributed by atoms with van der Waals surface area (Å²) in [5, 5.41) is 11.5. The van der Waals surface area contributed by atoms with Crippen LogP contribution in [0, 0.1) is 11.7 Å². The first-order valence-corrected chi connectivity index (χ1v) is 6.49. The van der Waals surface area contributed by atoms with Gasteiger partial charge in [-0.2, -0.15) is 0 Å². The molecular formula is C12H11ClFN3O3. The van der Waals surface area contributed by atoms with Crippen molar-refractivity contribution in [3.63, 3.8) is 0 Å². The van der Waals surface area contributed by atoms with Crippen LogP contribution in [-0.2, 0) is 4.79 Å². The Hall–Kier alpha value is -1.89. The van der Waals surface area contributed by atoms with Gasteiger partial charge in [0.1, 0.15) is 11.2 Å². The highest BCUT2D eigenvalue weighted by Crippen LogP contribution is 2.47. The molecule has 0 radical (unpaired) electrons. The first-order valence-electron chi connectivity index (χ1n) is 6.11. The van der Waals surface area contributed by atoms with Gasteiger partial charge in [0.15, 0.2) is 11.6 Å². The van der Waals surface area contributed by atoms with Crippen molar-refractivity contribution in [2.75, 3.05) is 5.32 Å². The van der Waals surface area contributed by atoms with Gasteiger partial charge >= 0.3 is 6.09 Å². The Morgan fingerprint density at radius 1 is 1.45 bits per heavy atom. The van der Waals surface area contributed by atoms with Crippen molar-refractivity contribution in [2.24, 2.45) is 5.92 Å². The minimum absolute atomic E-state index is 0.0473. The second-order valence-corrected chi connectivity index (χ2v) is 5.35. The van der Waals surface area contributed by atoms with E-state index < -0.39 is 23.9 Å². The summed E-state index contributed by atoms with van der Waals surface area (Å²) >= 11 is 5.64. The van der Waals surface area contributed by atoms with Gasteiger partial charge in [-0.3, -0.25) is 9.69 Å². The number of nitrogens with zero attached hydrogens (tertiary/aromatic N) is 2. The van der Waals surface area contributed by atoms with Gasteiger partial charge in [0.05, 0.1) is 0 Å². The summed E-state index contributed by atoms with van der Waals surface area (Å²) in [4.78, 5) is 28.1. The maximum atomic E-state index is 13.5. The molecule has 2 fully saturated rings. The number of piperidine rings is 1. The molecule has 3 atom stereocenters. The number of anilines is 1. The molecule has 0 aromatic carbocycles. The van der Waals surface area contributed by atoms with Gasteiger partial charge in [-0.05, 0) is 30.9 Å². The Bertz CT molecular complexity index is 597. The number of carbonyl (C=O) groups is 2. The third-order valence-electron chi connectivity index (χ3n) is 3.68. The molecule has 2 aliphatic rings. The van der Waals surface area contributed by atoms with Crippen LogP contribution in [0.25, 0.3) is 0 Å². The Labute approximate surface area is 118 Å². The molecule has 1 aromatic rings. The number of pyridine rings is 1. The van der Waals surface area contributed by atoms with Crippen molar-refractivity contribution in [1.82, 2.24) is 9.88 Å². The van der Waals surface area contributed by atoms with Crippen LogP contribution in [0.2, 0.25) is 5.15 Å². The minimum Gasteiger partial charge on any atom is -0.465 e. The molecule has 1 saturated carbocycles. The lowest BCUT2D eigenvalue weighted by Gasteiger charge is -2.23. The maximum Gasteiger partial charge on any atom is 0.408 e. The molecule has 0 spiro atoms.